The topological polar surface area (TPSA) is 29.5 Å². The number of benzene rings is 1. The quantitative estimate of drug-likeness (QED) is 0.721. The van der Waals surface area contributed by atoms with Crippen molar-refractivity contribution in [1.82, 2.24) is 0 Å². The fraction of sp³-hybridized carbons (Fsp3) is 0.714. The van der Waals surface area contributed by atoms with Crippen LogP contribution >= 0.6 is 0 Å². The maximum Gasteiger partial charge on any atom is 0.184 e. The van der Waals surface area contributed by atoms with Crippen LogP contribution in [0.5, 0.6) is 5.75 Å². The van der Waals surface area contributed by atoms with Gasteiger partial charge in [0.05, 0.1) is 6.10 Å². The second kappa shape index (κ2) is 5.60. The molecule has 2 nitrogen and oxygen atoms in total. The molecule has 2 saturated carbocycles. The van der Waals surface area contributed by atoms with Gasteiger partial charge in [-0.1, -0.05) is 13.0 Å². The molecule has 1 aromatic carbocycles. The van der Waals surface area contributed by atoms with Gasteiger partial charge < -0.3 is 9.53 Å². The highest BCUT2D eigenvalue weighted by Crippen LogP contribution is 2.61. The highest BCUT2D eigenvalue weighted by Gasteiger charge is 2.55. The van der Waals surface area contributed by atoms with Crippen LogP contribution < -0.4 is 0 Å². The number of hydrogen-bond acceptors (Lipinski definition) is 2. The van der Waals surface area contributed by atoms with E-state index in [-0.39, 0.29) is 0 Å². The van der Waals surface area contributed by atoms with Crippen molar-refractivity contribution in [2.24, 2.45) is 17.3 Å². The highest BCUT2D eigenvalue weighted by molar-refractivity contribution is 6.69. The van der Waals surface area contributed by atoms with Gasteiger partial charge in [-0.25, -0.2) is 0 Å². The molecular weight excluding hydrogens is 312 g/mol. The number of phenols is 1. The van der Waals surface area contributed by atoms with Crippen LogP contribution in [-0.2, 0) is 10.8 Å². The summed E-state index contributed by atoms with van der Waals surface area (Å²) in [6.45, 7) is 9.52. The standard InChI is InChI=1S/C21H32O2Si/c1-21-12-11-17-16-8-6-15(22)13-14(16)5-7-18(17)19(21)9-10-20(21)23-24(2,3)4/h6,8,13,17-20,22H,5,7,9-12H2,1-4H3/t17-,18-,19+,20+,21+/m1/s1. The molecule has 3 heteroatoms. The fourth-order valence-corrected chi connectivity index (χ4v) is 7.38. The van der Waals surface area contributed by atoms with Crippen LogP contribution in [0.25, 0.3) is 0 Å². The third-order valence-corrected chi connectivity index (χ3v) is 8.11. The molecule has 3 aliphatic carbocycles. The Bertz CT molecular complexity index is 635. The minimum Gasteiger partial charge on any atom is -0.508 e. The molecule has 0 unspecified atom stereocenters. The van der Waals surface area contributed by atoms with Crippen molar-refractivity contribution in [3.8, 4) is 5.75 Å². The summed E-state index contributed by atoms with van der Waals surface area (Å²) in [6, 6.07) is 6.10. The largest absolute Gasteiger partial charge is 0.508 e. The average Bonchev–Trinajstić information content (AvgIpc) is 2.82. The lowest BCUT2D eigenvalue weighted by molar-refractivity contribution is -0.0140. The van der Waals surface area contributed by atoms with Crippen molar-refractivity contribution in [2.45, 2.75) is 77.1 Å². The summed E-state index contributed by atoms with van der Waals surface area (Å²) in [6.07, 6.45) is 8.11. The monoisotopic (exact) mass is 344 g/mol. The first-order valence-electron chi connectivity index (χ1n) is 9.77. The second-order valence-electron chi connectivity index (χ2n) is 9.64. The van der Waals surface area contributed by atoms with Gasteiger partial charge in [0.1, 0.15) is 5.75 Å². The van der Waals surface area contributed by atoms with E-state index in [0.29, 0.717) is 23.2 Å². The summed E-state index contributed by atoms with van der Waals surface area (Å²) >= 11 is 0. The smallest absolute Gasteiger partial charge is 0.184 e. The first-order chi connectivity index (χ1) is 11.3. The van der Waals surface area contributed by atoms with E-state index >= 15 is 0 Å². The molecule has 0 heterocycles. The molecule has 0 spiro atoms. The van der Waals surface area contributed by atoms with Gasteiger partial charge in [-0.2, -0.15) is 0 Å². The first-order valence-corrected chi connectivity index (χ1v) is 13.2. The molecule has 24 heavy (non-hydrogen) atoms. The van der Waals surface area contributed by atoms with E-state index in [1.807, 2.05) is 12.1 Å². The maximum atomic E-state index is 9.81. The van der Waals surface area contributed by atoms with E-state index < -0.39 is 8.32 Å². The Morgan fingerprint density at radius 1 is 1.12 bits per heavy atom. The number of aromatic hydroxyl groups is 1. The number of hydrogen-bond donors (Lipinski definition) is 1. The summed E-state index contributed by atoms with van der Waals surface area (Å²) in [5.41, 5.74) is 3.31. The Morgan fingerprint density at radius 2 is 1.92 bits per heavy atom. The normalized spacial score (nSPS) is 38.3. The fourth-order valence-electron chi connectivity index (χ4n) is 6.14. The van der Waals surface area contributed by atoms with Crippen molar-refractivity contribution in [3.05, 3.63) is 29.3 Å². The predicted octanol–water partition coefficient (Wildman–Crippen LogP) is 5.47. The van der Waals surface area contributed by atoms with Crippen molar-refractivity contribution < 1.29 is 9.53 Å². The van der Waals surface area contributed by atoms with Crippen LogP contribution in [0.2, 0.25) is 19.6 Å². The lowest BCUT2D eigenvalue weighted by Crippen LogP contribution is -2.47. The van der Waals surface area contributed by atoms with E-state index in [9.17, 15) is 5.11 Å². The predicted molar refractivity (Wildman–Crippen MR) is 101 cm³/mol. The molecule has 0 bridgehead atoms. The van der Waals surface area contributed by atoms with E-state index in [4.69, 9.17) is 4.43 Å². The van der Waals surface area contributed by atoms with Gasteiger partial charge in [-0.05, 0) is 105 Å². The summed E-state index contributed by atoms with van der Waals surface area (Å²) < 4.78 is 6.64. The Labute approximate surface area is 147 Å². The van der Waals surface area contributed by atoms with Crippen LogP contribution in [0.3, 0.4) is 0 Å². The molecule has 2 fully saturated rings. The molecule has 0 amide bonds. The zero-order chi connectivity index (χ0) is 17.1. The third kappa shape index (κ3) is 2.64. The van der Waals surface area contributed by atoms with Gasteiger partial charge in [0, 0.05) is 0 Å². The summed E-state index contributed by atoms with van der Waals surface area (Å²) in [4.78, 5) is 0. The van der Waals surface area contributed by atoms with Crippen LogP contribution in [0.1, 0.15) is 56.1 Å². The molecule has 5 atom stereocenters. The minimum absolute atomic E-state index is 0.385. The lowest BCUT2D eigenvalue weighted by atomic mass is 9.55. The maximum absolute atomic E-state index is 9.81. The molecule has 1 N–H and O–H groups in total. The molecule has 3 aliphatic rings. The number of rotatable bonds is 2. The van der Waals surface area contributed by atoms with E-state index in [1.54, 1.807) is 0 Å². The number of fused-ring (bicyclic) bond motifs is 5. The average molecular weight is 345 g/mol. The molecule has 132 valence electrons. The van der Waals surface area contributed by atoms with Gasteiger partial charge in [0.15, 0.2) is 8.32 Å². The Morgan fingerprint density at radius 3 is 2.67 bits per heavy atom. The molecule has 0 radical (unpaired) electrons. The molecular formula is C21H32O2Si. The molecule has 0 aliphatic heterocycles. The molecule has 0 saturated heterocycles. The van der Waals surface area contributed by atoms with E-state index in [2.05, 4.69) is 32.6 Å². The van der Waals surface area contributed by atoms with Crippen LogP contribution in [0.15, 0.2) is 18.2 Å². The SMILES string of the molecule is C[C@]12CC[C@@H]3c4ccc(O)cc4CC[C@H]3[C@@H]1CC[C@@H]2O[Si](C)(C)C. The van der Waals surface area contributed by atoms with Crippen molar-refractivity contribution in [1.29, 1.82) is 0 Å². The molecule has 4 rings (SSSR count). The summed E-state index contributed by atoms with van der Waals surface area (Å²) in [5.74, 6) is 2.77. The van der Waals surface area contributed by atoms with Gasteiger partial charge >= 0.3 is 0 Å². The van der Waals surface area contributed by atoms with Gasteiger partial charge in [0.2, 0.25) is 0 Å². The molecule has 0 aromatic heterocycles. The van der Waals surface area contributed by atoms with Crippen molar-refractivity contribution in [2.75, 3.05) is 0 Å². The Balaban J connectivity index is 1.61. The van der Waals surface area contributed by atoms with E-state index in [0.717, 1.165) is 18.3 Å². The van der Waals surface area contributed by atoms with Gasteiger partial charge in [0.25, 0.3) is 0 Å². The van der Waals surface area contributed by atoms with Crippen molar-refractivity contribution in [3.63, 3.8) is 0 Å². The Hall–Kier alpha value is -0.803. The van der Waals surface area contributed by atoms with Gasteiger partial charge in [-0.15, -0.1) is 0 Å². The Kier molecular flexibility index (Phi) is 3.89. The zero-order valence-corrected chi connectivity index (χ0v) is 16.6. The molecule has 1 aromatic rings. The second-order valence-corrected chi connectivity index (χ2v) is 14.1. The van der Waals surface area contributed by atoms with Gasteiger partial charge in [-0.3, -0.25) is 0 Å². The highest BCUT2D eigenvalue weighted by atomic mass is 28.4. The van der Waals surface area contributed by atoms with Crippen molar-refractivity contribution >= 4 is 8.32 Å². The minimum atomic E-state index is -1.48. The summed E-state index contributed by atoms with van der Waals surface area (Å²) in [5, 5.41) is 9.81. The summed E-state index contributed by atoms with van der Waals surface area (Å²) in [7, 11) is -1.48. The van der Waals surface area contributed by atoms with E-state index in [1.165, 1.54) is 43.2 Å². The number of aryl methyl sites for hydroxylation is 1. The lowest BCUT2D eigenvalue weighted by Gasteiger charge is -2.51. The van der Waals surface area contributed by atoms with Crippen LogP contribution in [0, 0.1) is 17.3 Å². The number of phenolic OH excluding ortho intramolecular Hbond substituents is 1. The van der Waals surface area contributed by atoms with Crippen LogP contribution in [-0.4, -0.2) is 19.5 Å². The van der Waals surface area contributed by atoms with Crippen LogP contribution in [0.4, 0.5) is 0 Å². The first kappa shape index (κ1) is 16.7. The third-order valence-electron chi connectivity index (χ3n) is 7.12. The zero-order valence-electron chi connectivity index (χ0n) is 15.6.